The predicted octanol–water partition coefficient (Wildman–Crippen LogP) is 11.4. The van der Waals surface area contributed by atoms with E-state index in [1.165, 1.54) is 16.2 Å². The summed E-state index contributed by atoms with van der Waals surface area (Å²) < 4.78 is 11.5. The summed E-state index contributed by atoms with van der Waals surface area (Å²) in [5, 5.41) is 9.09. The van der Waals surface area contributed by atoms with Gasteiger partial charge < -0.3 is 4.42 Å². The first-order valence-electron chi connectivity index (χ1n) is 16.5. The van der Waals surface area contributed by atoms with Crippen molar-refractivity contribution in [2.75, 3.05) is 0 Å². The van der Waals surface area contributed by atoms with Crippen molar-refractivity contribution in [1.82, 2.24) is 18.9 Å². The second-order valence-corrected chi connectivity index (χ2v) is 12.6. The molecule has 7 aromatic carbocycles. The molecule has 4 heterocycles. The van der Waals surface area contributed by atoms with Crippen molar-refractivity contribution >= 4 is 70.9 Å². The molecule has 0 saturated carbocycles. The van der Waals surface area contributed by atoms with E-state index in [2.05, 4.69) is 136 Å². The molecular weight excluding hydrogens is 601 g/mol. The van der Waals surface area contributed by atoms with Crippen LogP contribution in [-0.4, -0.2) is 18.9 Å². The summed E-state index contributed by atoms with van der Waals surface area (Å²) in [7, 11) is 0. The lowest BCUT2D eigenvalue weighted by atomic mass is 9.99. The Labute approximate surface area is 279 Å². The van der Waals surface area contributed by atoms with E-state index in [1.807, 2.05) is 30.3 Å². The van der Waals surface area contributed by atoms with E-state index in [1.54, 1.807) is 0 Å². The van der Waals surface area contributed by atoms with Gasteiger partial charge in [-0.2, -0.15) is 0 Å². The molecule has 11 rings (SSSR count). The third-order valence-electron chi connectivity index (χ3n) is 9.89. The first-order chi connectivity index (χ1) is 24.3. The zero-order valence-electron chi connectivity index (χ0n) is 26.2. The van der Waals surface area contributed by atoms with E-state index in [9.17, 15) is 0 Å². The number of para-hydroxylation sites is 2. The summed E-state index contributed by atoms with van der Waals surface area (Å²) >= 11 is 0. The number of rotatable bonds is 3. The van der Waals surface area contributed by atoms with Crippen LogP contribution < -0.4 is 0 Å². The minimum absolute atomic E-state index is 0.689. The second-order valence-electron chi connectivity index (χ2n) is 12.6. The number of fused-ring (bicyclic) bond motifs is 13. The SMILES string of the molecule is c1ccc(-c2nc(-c3ccccc3)n3c(-n4c5ccccc5c5c6ccccc6c6c7ccccc7oc6c54)c4ccccc4c3n2)cc1. The standard InChI is InChI=1S/C44H26N4O/c1-3-15-27(16-4-1)41-45-42(28-17-5-2-6-18-28)48-43(46-41)31-21-9-10-22-32(31)44(48)47-35-25-13-11-23-33(35)37-29-19-7-8-20-30(29)38-34-24-12-14-26-36(34)49-40(38)39(37)47/h1-26H. The van der Waals surface area contributed by atoms with E-state index < -0.39 is 0 Å². The molecule has 0 bridgehead atoms. The molecule has 0 amide bonds. The Balaban J connectivity index is 1.42. The molecule has 228 valence electrons. The van der Waals surface area contributed by atoms with Crippen LogP contribution in [0, 0.1) is 0 Å². The van der Waals surface area contributed by atoms with Gasteiger partial charge in [0.2, 0.25) is 0 Å². The molecule has 0 spiro atoms. The number of benzene rings is 7. The van der Waals surface area contributed by atoms with Gasteiger partial charge in [0.1, 0.15) is 17.2 Å². The summed E-state index contributed by atoms with van der Waals surface area (Å²) in [6, 6.07) is 55.0. The molecule has 0 fully saturated rings. The molecule has 4 aromatic heterocycles. The molecule has 11 aromatic rings. The number of aromatic nitrogens is 4. The maximum atomic E-state index is 6.90. The van der Waals surface area contributed by atoms with Gasteiger partial charge in [-0.1, -0.05) is 146 Å². The predicted molar refractivity (Wildman–Crippen MR) is 200 cm³/mol. The molecule has 0 saturated heterocycles. The molecule has 0 aliphatic carbocycles. The highest BCUT2D eigenvalue weighted by atomic mass is 16.3. The van der Waals surface area contributed by atoms with Crippen molar-refractivity contribution in [3.05, 3.63) is 158 Å². The van der Waals surface area contributed by atoms with Crippen molar-refractivity contribution in [3.63, 3.8) is 0 Å². The van der Waals surface area contributed by atoms with Gasteiger partial charge in [0.25, 0.3) is 0 Å². The number of furan rings is 1. The van der Waals surface area contributed by atoms with Crippen LogP contribution in [0.25, 0.3) is 99.5 Å². The van der Waals surface area contributed by atoms with Crippen LogP contribution in [0.2, 0.25) is 0 Å². The maximum absolute atomic E-state index is 6.90. The monoisotopic (exact) mass is 626 g/mol. The zero-order valence-corrected chi connectivity index (χ0v) is 26.2. The average Bonchev–Trinajstić information content (AvgIpc) is 3.83. The van der Waals surface area contributed by atoms with Gasteiger partial charge in [-0.3, -0.25) is 8.97 Å². The first-order valence-corrected chi connectivity index (χ1v) is 16.5. The van der Waals surface area contributed by atoms with Crippen molar-refractivity contribution in [2.24, 2.45) is 0 Å². The molecule has 5 heteroatoms. The van der Waals surface area contributed by atoms with Crippen LogP contribution >= 0.6 is 0 Å². The van der Waals surface area contributed by atoms with Gasteiger partial charge >= 0.3 is 0 Å². The summed E-state index contributed by atoms with van der Waals surface area (Å²) in [5.74, 6) is 2.49. The fraction of sp³-hybridized carbons (Fsp3) is 0. The van der Waals surface area contributed by atoms with Crippen molar-refractivity contribution < 1.29 is 4.42 Å². The van der Waals surface area contributed by atoms with Crippen LogP contribution in [0.1, 0.15) is 0 Å². The molecule has 49 heavy (non-hydrogen) atoms. The number of nitrogens with zero attached hydrogens (tertiary/aromatic N) is 4. The summed E-state index contributed by atoms with van der Waals surface area (Å²) in [6.07, 6.45) is 0. The van der Waals surface area contributed by atoms with E-state index in [0.717, 1.165) is 77.5 Å². The van der Waals surface area contributed by atoms with Gasteiger partial charge in [0.15, 0.2) is 17.1 Å². The van der Waals surface area contributed by atoms with Gasteiger partial charge in [-0.05, 0) is 22.9 Å². The summed E-state index contributed by atoms with van der Waals surface area (Å²) in [5.41, 5.74) is 6.70. The van der Waals surface area contributed by atoms with Crippen molar-refractivity contribution in [3.8, 4) is 28.6 Å². The lowest BCUT2D eigenvalue weighted by Crippen LogP contribution is -2.06. The minimum Gasteiger partial charge on any atom is -0.454 e. The van der Waals surface area contributed by atoms with E-state index in [-0.39, 0.29) is 0 Å². The van der Waals surface area contributed by atoms with E-state index in [4.69, 9.17) is 14.4 Å². The number of hydrogen-bond acceptors (Lipinski definition) is 3. The first kappa shape index (κ1) is 26.4. The second kappa shape index (κ2) is 9.89. The molecular formula is C44H26N4O. The molecule has 0 atom stereocenters. The van der Waals surface area contributed by atoms with E-state index in [0.29, 0.717) is 5.82 Å². The Morgan fingerprint density at radius 2 is 1.02 bits per heavy atom. The largest absolute Gasteiger partial charge is 0.454 e. The third-order valence-corrected chi connectivity index (χ3v) is 9.89. The molecule has 0 aliphatic rings. The van der Waals surface area contributed by atoms with Crippen LogP contribution in [0.15, 0.2) is 162 Å². The Morgan fingerprint density at radius 1 is 0.449 bits per heavy atom. The Hall–Kier alpha value is -6.72. The Morgan fingerprint density at radius 3 is 1.78 bits per heavy atom. The highest BCUT2D eigenvalue weighted by molar-refractivity contribution is 6.35. The Kier molecular flexibility index (Phi) is 5.32. The average molecular weight is 627 g/mol. The topological polar surface area (TPSA) is 48.3 Å². The summed E-state index contributed by atoms with van der Waals surface area (Å²) in [4.78, 5) is 10.6. The van der Waals surface area contributed by atoms with Crippen molar-refractivity contribution in [2.45, 2.75) is 0 Å². The normalized spacial score (nSPS) is 12.1. The smallest absolute Gasteiger partial charge is 0.163 e. The molecule has 0 radical (unpaired) electrons. The van der Waals surface area contributed by atoms with Crippen LogP contribution in [0.3, 0.4) is 0 Å². The highest BCUT2D eigenvalue weighted by Crippen LogP contribution is 2.47. The van der Waals surface area contributed by atoms with Crippen LogP contribution in [0.5, 0.6) is 0 Å². The minimum atomic E-state index is 0.689. The fourth-order valence-electron chi connectivity index (χ4n) is 7.86. The van der Waals surface area contributed by atoms with Gasteiger partial charge in [0.05, 0.1) is 11.0 Å². The third kappa shape index (κ3) is 3.59. The number of hydrogen-bond donors (Lipinski definition) is 0. The van der Waals surface area contributed by atoms with E-state index >= 15 is 0 Å². The highest BCUT2D eigenvalue weighted by Gasteiger charge is 2.27. The lowest BCUT2D eigenvalue weighted by molar-refractivity contribution is 0.671. The Bertz CT molecular complexity index is 3100. The molecule has 0 aliphatic heterocycles. The van der Waals surface area contributed by atoms with Crippen molar-refractivity contribution in [1.29, 1.82) is 0 Å². The lowest BCUT2D eigenvalue weighted by Gasteiger charge is -2.14. The maximum Gasteiger partial charge on any atom is 0.163 e. The van der Waals surface area contributed by atoms with Gasteiger partial charge in [-0.25, -0.2) is 9.97 Å². The summed E-state index contributed by atoms with van der Waals surface area (Å²) in [6.45, 7) is 0. The van der Waals surface area contributed by atoms with Gasteiger partial charge in [-0.15, -0.1) is 0 Å². The van der Waals surface area contributed by atoms with Crippen LogP contribution in [0.4, 0.5) is 0 Å². The molecule has 0 N–H and O–H groups in total. The molecule has 5 nitrogen and oxygen atoms in total. The molecule has 0 unspecified atom stereocenters. The zero-order chi connectivity index (χ0) is 32.1. The quantitative estimate of drug-likeness (QED) is 0.196. The fourth-order valence-corrected chi connectivity index (χ4v) is 7.86. The van der Waals surface area contributed by atoms with Crippen LogP contribution in [-0.2, 0) is 0 Å². The van der Waals surface area contributed by atoms with Gasteiger partial charge in [0, 0.05) is 43.4 Å².